The molecule has 1 aromatic heterocycles. The van der Waals surface area contributed by atoms with Crippen LogP contribution < -0.4 is 5.32 Å². The third kappa shape index (κ3) is 1.54. The number of hydrogen-bond donors (Lipinski definition) is 2. The predicted octanol–water partition coefficient (Wildman–Crippen LogP) is 2.67. The van der Waals surface area contributed by atoms with E-state index in [2.05, 4.69) is 29.4 Å². The van der Waals surface area contributed by atoms with Crippen LogP contribution in [-0.2, 0) is 6.42 Å². The summed E-state index contributed by atoms with van der Waals surface area (Å²) in [7, 11) is 0. The molecule has 3 nitrogen and oxygen atoms in total. The van der Waals surface area contributed by atoms with Crippen LogP contribution in [0.5, 0.6) is 0 Å². The standard InChI is InChI=1S/C12H19N3/c1-7-3-6-10-11(8(7)2)14-15-12(10)13-9-4-5-9/h7-9H,3-6H2,1-2H3,(H2,13,14,15). The normalized spacial score (nSPS) is 30.0. The summed E-state index contributed by atoms with van der Waals surface area (Å²) in [6.07, 6.45) is 5.11. The smallest absolute Gasteiger partial charge is 0.151 e. The fourth-order valence-electron chi connectivity index (χ4n) is 2.46. The third-order valence-electron chi connectivity index (χ3n) is 3.98. The average molecular weight is 205 g/mol. The van der Waals surface area contributed by atoms with Crippen LogP contribution in [0.3, 0.4) is 0 Å². The summed E-state index contributed by atoms with van der Waals surface area (Å²) in [5.41, 5.74) is 2.82. The summed E-state index contributed by atoms with van der Waals surface area (Å²) in [6.45, 7) is 4.64. The van der Waals surface area contributed by atoms with Gasteiger partial charge in [0.1, 0.15) is 0 Å². The fraction of sp³-hybridized carbons (Fsp3) is 0.750. The summed E-state index contributed by atoms with van der Waals surface area (Å²) in [5.74, 6) is 2.55. The second kappa shape index (κ2) is 3.26. The molecule has 0 aliphatic heterocycles. The van der Waals surface area contributed by atoms with Gasteiger partial charge in [-0.3, -0.25) is 5.10 Å². The molecule has 1 heterocycles. The third-order valence-corrected chi connectivity index (χ3v) is 3.98. The van der Waals surface area contributed by atoms with Crippen LogP contribution in [0.1, 0.15) is 50.3 Å². The van der Waals surface area contributed by atoms with Crippen molar-refractivity contribution in [3.63, 3.8) is 0 Å². The second-order valence-corrected chi connectivity index (χ2v) is 5.19. The summed E-state index contributed by atoms with van der Waals surface area (Å²) in [4.78, 5) is 0. The Kier molecular flexibility index (Phi) is 2.01. The van der Waals surface area contributed by atoms with E-state index < -0.39 is 0 Å². The summed E-state index contributed by atoms with van der Waals surface area (Å²) in [6, 6.07) is 0.701. The number of nitrogens with one attached hydrogen (secondary N) is 2. The first-order chi connectivity index (χ1) is 7.25. The first-order valence-electron chi connectivity index (χ1n) is 6.09. The molecule has 2 N–H and O–H groups in total. The van der Waals surface area contributed by atoms with E-state index in [1.54, 1.807) is 0 Å². The minimum Gasteiger partial charge on any atom is -0.366 e. The first-order valence-corrected chi connectivity index (χ1v) is 6.09. The van der Waals surface area contributed by atoms with E-state index in [4.69, 9.17) is 0 Å². The highest BCUT2D eigenvalue weighted by atomic mass is 15.2. The minimum absolute atomic E-state index is 0.635. The van der Waals surface area contributed by atoms with Crippen molar-refractivity contribution in [2.24, 2.45) is 5.92 Å². The Morgan fingerprint density at radius 2 is 2.07 bits per heavy atom. The zero-order chi connectivity index (χ0) is 10.4. The monoisotopic (exact) mass is 205 g/mol. The molecule has 1 fully saturated rings. The van der Waals surface area contributed by atoms with Gasteiger partial charge in [-0.05, 0) is 31.6 Å². The lowest BCUT2D eigenvalue weighted by molar-refractivity contribution is 0.419. The van der Waals surface area contributed by atoms with Crippen molar-refractivity contribution < 1.29 is 0 Å². The number of aromatic amines is 1. The topological polar surface area (TPSA) is 40.7 Å². The Morgan fingerprint density at radius 3 is 2.80 bits per heavy atom. The van der Waals surface area contributed by atoms with Crippen LogP contribution in [0.15, 0.2) is 0 Å². The lowest BCUT2D eigenvalue weighted by Gasteiger charge is -2.25. The highest BCUT2D eigenvalue weighted by molar-refractivity contribution is 5.50. The number of rotatable bonds is 2. The van der Waals surface area contributed by atoms with E-state index in [1.807, 2.05) is 0 Å². The van der Waals surface area contributed by atoms with Crippen molar-refractivity contribution in [1.82, 2.24) is 10.2 Å². The summed E-state index contributed by atoms with van der Waals surface area (Å²) >= 11 is 0. The molecule has 0 aromatic carbocycles. The average Bonchev–Trinajstić information content (AvgIpc) is 2.93. The molecular weight excluding hydrogens is 186 g/mol. The molecule has 0 saturated heterocycles. The van der Waals surface area contributed by atoms with E-state index in [0.29, 0.717) is 12.0 Å². The van der Waals surface area contributed by atoms with Gasteiger partial charge in [-0.15, -0.1) is 0 Å². The number of hydrogen-bond acceptors (Lipinski definition) is 2. The molecule has 1 aromatic rings. The Hall–Kier alpha value is -0.990. The second-order valence-electron chi connectivity index (χ2n) is 5.19. The van der Waals surface area contributed by atoms with Gasteiger partial charge in [0.2, 0.25) is 0 Å². The molecule has 3 rings (SSSR count). The molecule has 0 radical (unpaired) electrons. The Bertz CT molecular complexity index is 365. The molecule has 15 heavy (non-hydrogen) atoms. The van der Waals surface area contributed by atoms with Crippen molar-refractivity contribution in [1.29, 1.82) is 0 Å². The number of aromatic nitrogens is 2. The van der Waals surface area contributed by atoms with Crippen LogP contribution in [0.4, 0.5) is 5.82 Å². The van der Waals surface area contributed by atoms with E-state index in [-0.39, 0.29) is 0 Å². The molecule has 2 unspecified atom stereocenters. The highest BCUT2D eigenvalue weighted by Crippen LogP contribution is 2.38. The van der Waals surface area contributed by atoms with Crippen molar-refractivity contribution in [3.8, 4) is 0 Å². The van der Waals surface area contributed by atoms with E-state index in [1.165, 1.54) is 36.9 Å². The Labute approximate surface area is 90.7 Å². The fourth-order valence-corrected chi connectivity index (χ4v) is 2.46. The van der Waals surface area contributed by atoms with Gasteiger partial charge < -0.3 is 5.32 Å². The van der Waals surface area contributed by atoms with Crippen molar-refractivity contribution in [2.45, 2.75) is 51.5 Å². The highest BCUT2D eigenvalue weighted by Gasteiger charge is 2.29. The lowest BCUT2D eigenvalue weighted by Crippen LogP contribution is -2.16. The van der Waals surface area contributed by atoms with Crippen LogP contribution in [0.2, 0.25) is 0 Å². The van der Waals surface area contributed by atoms with Gasteiger partial charge in [0, 0.05) is 23.2 Å². The van der Waals surface area contributed by atoms with Crippen LogP contribution in [-0.4, -0.2) is 16.2 Å². The van der Waals surface area contributed by atoms with Crippen molar-refractivity contribution in [2.75, 3.05) is 5.32 Å². The summed E-state index contributed by atoms with van der Waals surface area (Å²) in [5, 5.41) is 11.2. The molecule has 2 atom stereocenters. The lowest BCUT2D eigenvalue weighted by atomic mass is 9.81. The quantitative estimate of drug-likeness (QED) is 0.779. The van der Waals surface area contributed by atoms with E-state index >= 15 is 0 Å². The molecule has 82 valence electrons. The van der Waals surface area contributed by atoms with Gasteiger partial charge in [-0.2, -0.15) is 5.10 Å². The van der Waals surface area contributed by atoms with Crippen LogP contribution in [0.25, 0.3) is 0 Å². The molecule has 1 saturated carbocycles. The van der Waals surface area contributed by atoms with Gasteiger partial charge in [0.25, 0.3) is 0 Å². The van der Waals surface area contributed by atoms with Gasteiger partial charge in [-0.1, -0.05) is 13.8 Å². The number of fused-ring (bicyclic) bond motifs is 1. The van der Waals surface area contributed by atoms with Crippen LogP contribution >= 0.6 is 0 Å². The first kappa shape index (κ1) is 9.25. The maximum Gasteiger partial charge on any atom is 0.151 e. The molecule has 2 aliphatic carbocycles. The SMILES string of the molecule is CC1CCc2c(NC3CC3)n[nH]c2C1C. The van der Waals surface area contributed by atoms with Gasteiger partial charge in [-0.25, -0.2) is 0 Å². The molecule has 0 amide bonds. The minimum atomic E-state index is 0.635. The number of H-pyrrole nitrogens is 1. The van der Waals surface area contributed by atoms with Crippen molar-refractivity contribution >= 4 is 5.82 Å². The van der Waals surface area contributed by atoms with Gasteiger partial charge in [0.15, 0.2) is 5.82 Å². The molecule has 2 aliphatic rings. The predicted molar refractivity (Wildman–Crippen MR) is 61.1 cm³/mol. The molecule has 0 bridgehead atoms. The van der Waals surface area contributed by atoms with Gasteiger partial charge >= 0.3 is 0 Å². The molecule has 3 heteroatoms. The maximum absolute atomic E-state index is 4.43. The van der Waals surface area contributed by atoms with E-state index in [9.17, 15) is 0 Å². The van der Waals surface area contributed by atoms with Crippen molar-refractivity contribution in [3.05, 3.63) is 11.3 Å². The number of anilines is 1. The zero-order valence-corrected chi connectivity index (χ0v) is 9.51. The summed E-state index contributed by atoms with van der Waals surface area (Å²) < 4.78 is 0. The Morgan fingerprint density at radius 1 is 1.27 bits per heavy atom. The largest absolute Gasteiger partial charge is 0.366 e. The molecular formula is C12H19N3. The number of nitrogens with zero attached hydrogens (tertiary/aromatic N) is 1. The molecule has 0 spiro atoms. The zero-order valence-electron chi connectivity index (χ0n) is 9.51. The van der Waals surface area contributed by atoms with Crippen LogP contribution in [0, 0.1) is 5.92 Å². The van der Waals surface area contributed by atoms with Gasteiger partial charge in [0.05, 0.1) is 0 Å². The Balaban J connectivity index is 1.89. The van der Waals surface area contributed by atoms with E-state index in [0.717, 1.165) is 11.7 Å². The maximum atomic E-state index is 4.43.